The van der Waals surface area contributed by atoms with Gasteiger partial charge in [0.25, 0.3) is 5.69 Å². The Hall–Kier alpha value is -2.61. The number of piperidine rings is 1. The number of rotatable bonds is 4. The molecule has 0 aromatic heterocycles. The fourth-order valence-corrected chi connectivity index (χ4v) is 4.07. The number of halogens is 1. The van der Waals surface area contributed by atoms with Crippen molar-refractivity contribution in [1.82, 2.24) is 0 Å². The summed E-state index contributed by atoms with van der Waals surface area (Å²) in [5.74, 6) is 1.26. The van der Waals surface area contributed by atoms with Gasteiger partial charge in [0, 0.05) is 35.1 Å². The lowest BCUT2D eigenvalue weighted by Gasteiger charge is -2.32. The summed E-state index contributed by atoms with van der Waals surface area (Å²) in [6, 6.07) is 10.4. The summed E-state index contributed by atoms with van der Waals surface area (Å²) in [6.07, 6.45) is 1.31. The van der Waals surface area contributed by atoms with Crippen molar-refractivity contribution in [3.8, 4) is 11.5 Å². The highest BCUT2D eigenvalue weighted by atomic mass is 79.9. The lowest BCUT2D eigenvalue weighted by atomic mass is 9.88. The monoisotopic (exact) mass is 446 g/mol. The molecule has 8 heteroatoms. The van der Waals surface area contributed by atoms with E-state index in [1.165, 1.54) is 6.07 Å². The van der Waals surface area contributed by atoms with Crippen molar-refractivity contribution >= 4 is 33.1 Å². The first-order valence-electron chi connectivity index (χ1n) is 9.15. The molecule has 0 N–H and O–H groups in total. The van der Waals surface area contributed by atoms with Crippen molar-refractivity contribution in [3.63, 3.8) is 0 Å². The highest BCUT2D eigenvalue weighted by Crippen LogP contribution is 2.35. The lowest BCUT2D eigenvalue weighted by molar-refractivity contribution is -0.384. The zero-order valence-corrected chi connectivity index (χ0v) is 16.7. The Balaban J connectivity index is 1.46. The number of nitrogens with zero attached hydrogens (tertiary/aromatic N) is 2. The van der Waals surface area contributed by atoms with Gasteiger partial charge in [-0.15, -0.1) is 0 Å². The quantitative estimate of drug-likeness (QED) is 0.397. The molecule has 146 valence electrons. The number of carbonyl (C=O) groups is 1. The number of Topliss-reactive ketones (excluding diaryl/α,β-unsaturated/α-hetero) is 1. The molecule has 2 aromatic carbocycles. The molecule has 0 bridgehead atoms. The van der Waals surface area contributed by atoms with E-state index in [2.05, 4.69) is 15.9 Å². The van der Waals surface area contributed by atoms with Gasteiger partial charge in [-0.1, -0.05) is 15.9 Å². The van der Waals surface area contributed by atoms with Crippen molar-refractivity contribution in [2.75, 3.05) is 31.2 Å². The summed E-state index contributed by atoms with van der Waals surface area (Å²) in [7, 11) is 0. The van der Waals surface area contributed by atoms with Crippen molar-refractivity contribution < 1.29 is 19.2 Å². The molecular weight excluding hydrogens is 428 g/mol. The van der Waals surface area contributed by atoms with E-state index in [9.17, 15) is 14.9 Å². The fraction of sp³-hybridized carbons (Fsp3) is 0.350. The van der Waals surface area contributed by atoms with Crippen LogP contribution in [0.1, 0.15) is 23.2 Å². The number of nitro groups is 1. The molecule has 7 nitrogen and oxygen atoms in total. The summed E-state index contributed by atoms with van der Waals surface area (Å²) in [5.41, 5.74) is 1.29. The number of hydrogen-bond acceptors (Lipinski definition) is 6. The first-order chi connectivity index (χ1) is 13.5. The Morgan fingerprint density at radius 3 is 2.50 bits per heavy atom. The third kappa shape index (κ3) is 3.69. The van der Waals surface area contributed by atoms with Crippen LogP contribution >= 0.6 is 15.9 Å². The van der Waals surface area contributed by atoms with Gasteiger partial charge in [0.1, 0.15) is 18.9 Å². The zero-order valence-electron chi connectivity index (χ0n) is 15.1. The topological polar surface area (TPSA) is 81.9 Å². The number of benzene rings is 2. The van der Waals surface area contributed by atoms with Crippen LogP contribution in [-0.2, 0) is 0 Å². The van der Waals surface area contributed by atoms with Crippen molar-refractivity contribution in [1.29, 1.82) is 0 Å². The largest absolute Gasteiger partial charge is 0.486 e. The van der Waals surface area contributed by atoms with Crippen LogP contribution in [-0.4, -0.2) is 37.0 Å². The summed E-state index contributed by atoms with van der Waals surface area (Å²) in [5, 5.41) is 11.4. The molecule has 2 aliphatic rings. The van der Waals surface area contributed by atoms with Gasteiger partial charge in [-0.05, 0) is 43.2 Å². The molecule has 28 heavy (non-hydrogen) atoms. The first kappa shape index (κ1) is 18.7. The van der Waals surface area contributed by atoms with Crippen LogP contribution in [0.15, 0.2) is 40.9 Å². The number of nitro benzene ring substituents is 1. The van der Waals surface area contributed by atoms with Gasteiger partial charge < -0.3 is 14.4 Å². The summed E-state index contributed by atoms with van der Waals surface area (Å²) >= 11 is 3.28. The Morgan fingerprint density at radius 2 is 1.79 bits per heavy atom. The minimum atomic E-state index is -0.369. The molecule has 2 heterocycles. The molecule has 1 fully saturated rings. The SMILES string of the molecule is O=C(c1ccc2c(c1)OCCO2)C1CCN(c2ccc(Br)cc2[N+](=O)[O-])CC1. The highest BCUT2D eigenvalue weighted by Gasteiger charge is 2.29. The van der Waals surface area contributed by atoms with Crippen LogP contribution in [0.25, 0.3) is 0 Å². The van der Waals surface area contributed by atoms with Crippen LogP contribution in [0.4, 0.5) is 11.4 Å². The maximum absolute atomic E-state index is 12.9. The third-order valence-electron chi connectivity index (χ3n) is 5.17. The standard InChI is InChI=1S/C20H19BrN2O5/c21-15-2-3-16(17(12-15)23(25)26)22-7-5-13(6-8-22)20(24)14-1-4-18-19(11-14)28-10-9-27-18/h1-4,11-13H,5-10H2. The number of ketones is 1. The van der Waals surface area contributed by atoms with E-state index in [4.69, 9.17) is 9.47 Å². The number of ether oxygens (including phenoxy) is 2. The van der Waals surface area contributed by atoms with Gasteiger partial charge in [0.15, 0.2) is 17.3 Å². The first-order valence-corrected chi connectivity index (χ1v) is 9.95. The summed E-state index contributed by atoms with van der Waals surface area (Å²) in [4.78, 5) is 25.9. The third-order valence-corrected chi connectivity index (χ3v) is 5.66. The molecule has 4 rings (SSSR count). The van der Waals surface area contributed by atoms with E-state index in [0.29, 0.717) is 66.4 Å². The average Bonchev–Trinajstić information content (AvgIpc) is 2.73. The van der Waals surface area contributed by atoms with E-state index in [-0.39, 0.29) is 22.3 Å². The highest BCUT2D eigenvalue weighted by molar-refractivity contribution is 9.10. The fourth-order valence-electron chi connectivity index (χ4n) is 3.73. The van der Waals surface area contributed by atoms with Crippen molar-refractivity contribution in [3.05, 3.63) is 56.5 Å². The molecule has 0 aliphatic carbocycles. The molecule has 1 saturated heterocycles. The van der Waals surface area contributed by atoms with Crippen LogP contribution in [0.3, 0.4) is 0 Å². The van der Waals surface area contributed by atoms with E-state index in [1.807, 2.05) is 4.90 Å². The second-order valence-electron chi connectivity index (χ2n) is 6.87. The minimum absolute atomic E-state index is 0.0750. The molecule has 0 saturated carbocycles. The number of carbonyl (C=O) groups excluding carboxylic acids is 1. The van der Waals surface area contributed by atoms with Crippen LogP contribution in [0, 0.1) is 16.0 Å². The molecule has 0 radical (unpaired) electrons. The number of fused-ring (bicyclic) bond motifs is 1. The molecule has 2 aliphatic heterocycles. The number of hydrogen-bond donors (Lipinski definition) is 0. The Bertz CT molecular complexity index is 925. The molecule has 2 aromatic rings. The maximum atomic E-state index is 12.9. The van der Waals surface area contributed by atoms with E-state index >= 15 is 0 Å². The van der Waals surface area contributed by atoms with Gasteiger partial charge in [-0.2, -0.15) is 0 Å². The molecule has 0 amide bonds. The minimum Gasteiger partial charge on any atom is -0.486 e. The van der Waals surface area contributed by atoms with Gasteiger partial charge in [0.05, 0.1) is 4.92 Å². The van der Waals surface area contributed by atoms with Crippen LogP contribution in [0.2, 0.25) is 0 Å². The van der Waals surface area contributed by atoms with Crippen molar-refractivity contribution in [2.24, 2.45) is 5.92 Å². The smallest absolute Gasteiger partial charge is 0.293 e. The van der Waals surface area contributed by atoms with E-state index in [0.717, 1.165) is 0 Å². The second kappa shape index (κ2) is 7.79. The Labute approximate surface area is 170 Å². The molecule has 0 atom stereocenters. The second-order valence-corrected chi connectivity index (χ2v) is 7.79. The van der Waals surface area contributed by atoms with Gasteiger partial charge in [-0.25, -0.2) is 0 Å². The molecule has 0 spiro atoms. The zero-order chi connectivity index (χ0) is 19.7. The Kier molecular flexibility index (Phi) is 5.21. The summed E-state index contributed by atoms with van der Waals surface area (Å²) in [6.45, 7) is 2.20. The van der Waals surface area contributed by atoms with E-state index in [1.54, 1.807) is 30.3 Å². The van der Waals surface area contributed by atoms with Crippen LogP contribution < -0.4 is 14.4 Å². The predicted molar refractivity (Wildman–Crippen MR) is 107 cm³/mol. The van der Waals surface area contributed by atoms with Crippen LogP contribution in [0.5, 0.6) is 11.5 Å². The Morgan fingerprint density at radius 1 is 1.07 bits per heavy atom. The maximum Gasteiger partial charge on any atom is 0.293 e. The predicted octanol–water partition coefficient (Wildman–Crippen LogP) is 4.23. The van der Waals surface area contributed by atoms with Crippen molar-refractivity contribution in [2.45, 2.75) is 12.8 Å². The lowest BCUT2D eigenvalue weighted by Crippen LogP contribution is -2.36. The number of anilines is 1. The molecule has 0 unspecified atom stereocenters. The summed E-state index contributed by atoms with van der Waals surface area (Å²) < 4.78 is 11.7. The average molecular weight is 447 g/mol. The van der Waals surface area contributed by atoms with Gasteiger partial charge in [0.2, 0.25) is 0 Å². The normalized spacial score (nSPS) is 16.7. The van der Waals surface area contributed by atoms with Gasteiger partial charge >= 0.3 is 0 Å². The molecular formula is C20H19BrN2O5. The van der Waals surface area contributed by atoms with Gasteiger partial charge in [-0.3, -0.25) is 14.9 Å². The van der Waals surface area contributed by atoms with E-state index < -0.39 is 0 Å².